The van der Waals surface area contributed by atoms with Crippen molar-refractivity contribution in [3.05, 3.63) is 59.7 Å². The number of thiazole rings is 1. The number of carbonyl (C=O) groups excluding carboxylic acids is 2. The molecule has 1 saturated carbocycles. The summed E-state index contributed by atoms with van der Waals surface area (Å²) in [6, 6.07) is 11.1. The van der Waals surface area contributed by atoms with Crippen molar-refractivity contribution in [2.24, 2.45) is 5.92 Å². The zero-order valence-electron chi connectivity index (χ0n) is 18.6. The smallest absolute Gasteiger partial charge is 0.255 e. The molecule has 1 aliphatic rings. The van der Waals surface area contributed by atoms with Crippen LogP contribution in [-0.2, 0) is 4.79 Å². The lowest BCUT2D eigenvalue weighted by atomic mass is 9.89. The quantitative estimate of drug-likeness (QED) is 0.498. The molecule has 0 aliphatic heterocycles. The minimum absolute atomic E-state index is 0.0617. The summed E-state index contributed by atoms with van der Waals surface area (Å²) >= 11 is 1.40. The molecule has 0 bridgehead atoms. The average Bonchev–Trinajstić information content (AvgIpc) is 3.29. The predicted molar refractivity (Wildman–Crippen MR) is 132 cm³/mol. The SMILES string of the molecule is Nc1nc(-c2ccc(NC(=O)CCN(CC3CCCCC3)C(=O)c3cccnc3)cc2)cs1. The number of aromatic nitrogens is 2. The summed E-state index contributed by atoms with van der Waals surface area (Å²) < 4.78 is 0. The van der Waals surface area contributed by atoms with Gasteiger partial charge in [0, 0.05) is 48.5 Å². The van der Waals surface area contributed by atoms with Crippen LogP contribution in [0.2, 0.25) is 0 Å². The van der Waals surface area contributed by atoms with E-state index in [0.717, 1.165) is 24.1 Å². The number of amides is 2. The topological polar surface area (TPSA) is 101 Å². The summed E-state index contributed by atoms with van der Waals surface area (Å²) in [6.07, 6.45) is 9.46. The molecule has 1 aromatic carbocycles. The number of nitrogens with zero attached hydrogens (tertiary/aromatic N) is 3. The molecule has 4 rings (SSSR count). The summed E-state index contributed by atoms with van der Waals surface area (Å²) in [6.45, 7) is 1.07. The van der Waals surface area contributed by atoms with Crippen molar-refractivity contribution < 1.29 is 9.59 Å². The van der Waals surface area contributed by atoms with Crippen molar-refractivity contribution in [2.45, 2.75) is 38.5 Å². The molecule has 2 amide bonds. The zero-order chi connectivity index (χ0) is 23.0. The van der Waals surface area contributed by atoms with Gasteiger partial charge in [-0.2, -0.15) is 0 Å². The second-order valence-corrected chi connectivity index (χ2v) is 9.33. The first kappa shape index (κ1) is 22.9. The molecule has 0 radical (unpaired) electrons. The Kier molecular flexibility index (Phi) is 7.67. The fraction of sp³-hybridized carbons (Fsp3) is 0.360. The molecule has 3 aromatic rings. The van der Waals surface area contributed by atoms with Crippen molar-refractivity contribution in [1.82, 2.24) is 14.9 Å². The van der Waals surface area contributed by atoms with Crippen LogP contribution in [0.25, 0.3) is 11.3 Å². The Hall–Kier alpha value is -3.26. The van der Waals surface area contributed by atoms with Crippen LogP contribution in [0.15, 0.2) is 54.2 Å². The van der Waals surface area contributed by atoms with E-state index in [4.69, 9.17) is 5.73 Å². The molecular weight excluding hydrogens is 434 g/mol. The molecule has 2 heterocycles. The first-order valence-electron chi connectivity index (χ1n) is 11.4. The molecule has 0 unspecified atom stereocenters. The van der Waals surface area contributed by atoms with Crippen LogP contribution in [0.1, 0.15) is 48.9 Å². The first-order valence-corrected chi connectivity index (χ1v) is 12.3. The Morgan fingerprint density at radius 1 is 1.12 bits per heavy atom. The number of nitrogens with two attached hydrogens (primary N) is 1. The maximum Gasteiger partial charge on any atom is 0.255 e. The molecule has 3 N–H and O–H groups in total. The van der Waals surface area contributed by atoms with Crippen LogP contribution in [0.4, 0.5) is 10.8 Å². The van der Waals surface area contributed by atoms with E-state index in [-0.39, 0.29) is 18.2 Å². The number of rotatable bonds is 8. The number of hydrogen-bond donors (Lipinski definition) is 2. The fourth-order valence-electron chi connectivity index (χ4n) is 4.23. The molecule has 1 aliphatic carbocycles. The Bertz CT molecular complexity index is 1060. The highest BCUT2D eigenvalue weighted by Gasteiger charge is 2.22. The van der Waals surface area contributed by atoms with Crippen LogP contribution in [-0.4, -0.2) is 39.8 Å². The van der Waals surface area contributed by atoms with Gasteiger partial charge in [-0.1, -0.05) is 31.4 Å². The van der Waals surface area contributed by atoms with Gasteiger partial charge in [-0.15, -0.1) is 11.3 Å². The minimum atomic E-state index is -0.117. The zero-order valence-corrected chi connectivity index (χ0v) is 19.4. The van der Waals surface area contributed by atoms with Crippen molar-refractivity contribution in [2.75, 3.05) is 24.1 Å². The molecule has 33 heavy (non-hydrogen) atoms. The van der Waals surface area contributed by atoms with Gasteiger partial charge in [0.1, 0.15) is 0 Å². The van der Waals surface area contributed by atoms with Gasteiger partial charge in [0.05, 0.1) is 11.3 Å². The highest BCUT2D eigenvalue weighted by molar-refractivity contribution is 7.13. The summed E-state index contributed by atoms with van der Waals surface area (Å²) in [5, 5.41) is 5.37. The van der Waals surface area contributed by atoms with Crippen molar-refractivity contribution >= 4 is 34.0 Å². The van der Waals surface area contributed by atoms with Crippen LogP contribution >= 0.6 is 11.3 Å². The highest BCUT2D eigenvalue weighted by Crippen LogP contribution is 2.26. The minimum Gasteiger partial charge on any atom is -0.375 e. The monoisotopic (exact) mass is 463 g/mol. The number of anilines is 2. The molecule has 0 spiro atoms. The third-order valence-corrected chi connectivity index (χ3v) is 6.67. The van der Waals surface area contributed by atoms with Crippen molar-refractivity contribution in [1.29, 1.82) is 0 Å². The molecule has 7 nitrogen and oxygen atoms in total. The first-order chi connectivity index (χ1) is 16.1. The van der Waals surface area contributed by atoms with Crippen molar-refractivity contribution in [3.8, 4) is 11.3 Å². The third-order valence-electron chi connectivity index (χ3n) is 5.99. The molecule has 1 fully saturated rings. The summed E-state index contributed by atoms with van der Waals surface area (Å²) in [5.41, 5.74) is 8.75. The Morgan fingerprint density at radius 2 is 1.91 bits per heavy atom. The van der Waals surface area contributed by atoms with Crippen molar-refractivity contribution in [3.63, 3.8) is 0 Å². The normalized spacial score (nSPS) is 14.1. The van der Waals surface area contributed by atoms with Crippen LogP contribution < -0.4 is 11.1 Å². The maximum absolute atomic E-state index is 13.1. The maximum atomic E-state index is 13.1. The van der Waals surface area contributed by atoms with Crippen LogP contribution in [0.3, 0.4) is 0 Å². The van der Waals surface area contributed by atoms with Gasteiger partial charge in [-0.05, 0) is 43.0 Å². The predicted octanol–water partition coefficient (Wildman–Crippen LogP) is 4.84. The third kappa shape index (κ3) is 6.38. The van der Waals surface area contributed by atoms with Gasteiger partial charge in [-0.25, -0.2) is 4.98 Å². The number of carbonyl (C=O) groups is 2. The second kappa shape index (κ2) is 11.0. The summed E-state index contributed by atoms with van der Waals surface area (Å²) in [5.74, 6) is 0.316. The van der Waals surface area contributed by atoms with E-state index in [1.165, 1.54) is 30.6 Å². The lowest BCUT2D eigenvalue weighted by Crippen LogP contribution is -2.38. The van der Waals surface area contributed by atoms with Gasteiger partial charge in [0.2, 0.25) is 5.91 Å². The highest BCUT2D eigenvalue weighted by atomic mass is 32.1. The van der Waals surface area contributed by atoms with E-state index in [1.807, 2.05) is 34.5 Å². The molecular formula is C25H29N5O2S. The standard InChI is InChI=1S/C25H29N5O2S/c26-25-29-22(17-33-25)19-8-10-21(11-9-19)28-23(31)12-14-30(16-18-5-2-1-3-6-18)24(32)20-7-4-13-27-15-20/h4,7-11,13,15,17-18H,1-3,5-6,12,14,16H2,(H2,26,29)(H,28,31). The Labute approximate surface area is 198 Å². The second-order valence-electron chi connectivity index (χ2n) is 8.44. The number of nitrogen functional groups attached to an aromatic ring is 1. The van der Waals surface area contributed by atoms with Gasteiger partial charge in [0.25, 0.3) is 5.91 Å². The van der Waals surface area contributed by atoms with E-state index in [2.05, 4.69) is 15.3 Å². The number of pyridine rings is 1. The lowest BCUT2D eigenvalue weighted by Gasteiger charge is -2.30. The number of benzene rings is 1. The summed E-state index contributed by atoms with van der Waals surface area (Å²) in [7, 11) is 0. The molecule has 2 aromatic heterocycles. The Morgan fingerprint density at radius 3 is 2.58 bits per heavy atom. The van der Waals surface area contributed by atoms with Gasteiger partial charge in [-0.3, -0.25) is 14.6 Å². The van der Waals surface area contributed by atoms with Crippen LogP contribution in [0, 0.1) is 5.92 Å². The lowest BCUT2D eigenvalue weighted by molar-refractivity contribution is -0.116. The van der Waals surface area contributed by atoms with E-state index in [9.17, 15) is 9.59 Å². The average molecular weight is 464 g/mol. The van der Waals surface area contributed by atoms with E-state index < -0.39 is 0 Å². The molecule has 0 atom stereocenters. The number of hydrogen-bond acceptors (Lipinski definition) is 6. The summed E-state index contributed by atoms with van der Waals surface area (Å²) in [4.78, 5) is 35.9. The number of nitrogens with one attached hydrogen (secondary N) is 1. The van der Waals surface area contributed by atoms with E-state index in [0.29, 0.717) is 35.4 Å². The van der Waals surface area contributed by atoms with E-state index >= 15 is 0 Å². The van der Waals surface area contributed by atoms with Crippen LogP contribution in [0.5, 0.6) is 0 Å². The van der Waals surface area contributed by atoms with Gasteiger partial charge >= 0.3 is 0 Å². The van der Waals surface area contributed by atoms with Gasteiger partial charge in [0.15, 0.2) is 5.13 Å². The Balaban J connectivity index is 1.36. The van der Waals surface area contributed by atoms with E-state index in [1.54, 1.807) is 24.5 Å². The molecule has 8 heteroatoms. The molecule has 172 valence electrons. The fourth-order valence-corrected chi connectivity index (χ4v) is 4.81. The van der Waals surface area contributed by atoms with Gasteiger partial charge < -0.3 is 16.0 Å². The molecule has 0 saturated heterocycles. The largest absolute Gasteiger partial charge is 0.375 e.